The lowest BCUT2D eigenvalue weighted by atomic mass is 9.96. The number of anilines is 1. The molecule has 0 radical (unpaired) electrons. The molecular formula is C12H14N2O2. The average molecular weight is 218 g/mol. The summed E-state index contributed by atoms with van der Waals surface area (Å²) in [5, 5.41) is 12.4. The quantitative estimate of drug-likeness (QED) is 0.697. The minimum absolute atomic E-state index is 0.324. The largest absolute Gasteiger partial charge is 0.465 e. The van der Waals surface area contributed by atoms with Crippen LogP contribution in [0.25, 0.3) is 0 Å². The first-order chi connectivity index (χ1) is 7.75. The Labute approximate surface area is 93.9 Å². The van der Waals surface area contributed by atoms with Crippen molar-refractivity contribution >= 4 is 11.8 Å². The maximum atomic E-state index is 11.0. The summed E-state index contributed by atoms with van der Waals surface area (Å²) in [4.78, 5) is 12.6. The van der Waals surface area contributed by atoms with Crippen molar-refractivity contribution in [2.75, 3.05) is 25.0 Å². The molecule has 0 spiro atoms. The summed E-state index contributed by atoms with van der Waals surface area (Å²) in [5.74, 6) is 0.324. The van der Waals surface area contributed by atoms with E-state index in [0.717, 1.165) is 13.0 Å². The SMILES string of the molecule is O=C(O)N1CCc2cccc3c2C(CN3)C1. The predicted molar refractivity (Wildman–Crippen MR) is 61.0 cm³/mol. The van der Waals surface area contributed by atoms with Crippen molar-refractivity contribution in [1.29, 1.82) is 0 Å². The molecule has 2 N–H and O–H groups in total. The second-order valence-electron chi connectivity index (χ2n) is 4.43. The molecular weight excluding hydrogens is 204 g/mol. The fourth-order valence-electron chi connectivity index (χ4n) is 2.74. The summed E-state index contributed by atoms with van der Waals surface area (Å²) in [6.07, 6.45) is 0.0226. The molecule has 0 bridgehead atoms. The van der Waals surface area contributed by atoms with Crippen molar-refractivity contribution in [2.45, 2.75) is 12.3 Å². The van der Waals surface area contributed by atoms with Crippen LogP contribution in [0.4, 0.5) is 10.5 Å². The van der Waals surface area contributed by atoms with E-state index in [1.54, 1.807) is 0 Å². The van der Waals surface area contributed by atoms with Crippen molar-refractivity contribution in [2.24, 2.45) is 0 Å². The lowest BCUT2D eigenvalue weighted by Crippen LogP contribution is -2.33. The van der Waals surface area contributed by atoms with E-state index in [0.29, 0.717) is 19.0 Å². The molecule has 16 heavy (non-hydrogen) atoms. The second-order valence-corrected chi connectivity index (χ2v) is 4.43. The van der Waals surface area contributed by atoms with E-state index in [9.17, 15) is 4.79 Å². The first-order valence-electron chi connectivity index (χ1n) is 5.59. The molecule has 84 valence electrons. The van der Waals surface area contributed by atoms with E-state index in [4.69, 9.17) is 5.11 Å². The molecule has 0 aliphatic carbocycles. The van der Waals surface area contributed by atoms with Gasteiger partial charge in [0.15, 0.2) is 0 Å². The van der Waals surface area contributed by atoms with Gasteiger partial charge in [-0.3, -0.25) is 0 Å². The first kappa shape index (κ1) is 9.51. The monoisotopic (exact) mass is 218 g/mol. The number of carbonyl (C=O) groups is 1. The van der Waals surface area contributed by atoms with Gasteiger partial charge in [-0.15, -0.1) is 0 Å². The fraction of sp³-hybridized carbons (Fsp3) is 0.417. The summed E-state index contributed by atoms with van der Waals surface area (Å²) in [5.41, 5.74) is 3.83. The van der Waals surface area contributed by atoms with Gasteiger partial charge in [-0.25, -0.2) is 4.79 Å². The van der Waals surface area contributed by atoms with Crippen LogP contribution < -0.4 is 5.32 Å². The highest BCUT2D eigenvalue weighted by atomic mass is 16.4. The normalized spacial score (nSPS) is 22.2. The van der Waals surface area contributed by atoms with E-state index >= 15 is 0 Å². The van der Waals surface area contributed by atoms with Gasteiger partial charge in [0, 0.05) is 31.2 Å². The molecule has 1 aromatic carbocycles. The van der Waals surface area contributed by atoms with E-state index < -0.39 is 6.09 Å². The smallest absolute Gasteiger partial charge is 0.407 e. The number of amides is 1. The van der Waals surface area contributed by atoms with Crippen LogP contribution in [-0.2, 0) is 6.42 Å². The van der Waals surface area contributed by atoms with Gasteiger partial charge in [0.2, 0.25) is 0 Å². The summed E-state index contributed by atoms with van der Waals surface area (Å²) in [6.45, 7) is 2.09. The van der Waals surface area contributed by atoms with Gasteiger partial charge in [0.05, 0.1) is 0 Å². The Morgan fingerprint density at radius 1 is 1.50 bits per heavy atom. The van der Waals surface area contributed by atoms with E-state index in [1.165, 1.54) is 21.7 Å². The highest BCUT2D eigenvalue weighted by molar-refractivity contribution is 5.67. The molecule has 4 nitrogen and oxygen atoms in total. The van der Waals surface area contributed by atoms with Crippen molar-refractivity contribution in [3.05, 3.63) is 29.3 Å². The molecule has 0 fully saturated rings. The maximum absolute atomic E-state index is 11.0. The van der Waals surface area contributed by atoms with Crippen LogP contribution in [0.15, 0.2) is 18.2 Å². The molecule has 1 aromatic rings. The zero-order valence-corrected chi connectivity index (χ0v) is 8.94. The molecule has 0 aromatic heterocycles. The van der Waals surface area contributed by atoms with Gasteiger partial charge >= 0.3 is 6.09 Å². The topological polar surface area (TPSA) is 52.6 Å². The number of carboxylic acid groups (broad SMARTS) is 1. The minimum Gasteiger partial charge on any atom is -0.465 e. The molecule has 1 amide bonds. The van der Waals surface area contributed by atoms with Crippen molar-refractivity contribution < 1.29 is 9.90 Å². The second kappa shape index (κ2) is 3.40. The summed E-state index contributed by atoms with van der Waals surface area (Å²) < 4.78 is 0. The average Bonchev–Trinajstić information content (AvgIpc) is 2.56. The summed E-state index contributed by atoms with van der Waals surface area (Å²) >= 11 is 0. The number of nitrogens with zero attached hydrogens (tertiary/aromatic N) is 1. The van der Waals surface area contributed by atoms with Gasteiger partial charge in [0.1, 0.15) is 0 Å². The lowest BCUT2D eigenvalue weighted by Gasteiger charge is -2.19. The highest BCUT2D eigenvalue weighted by Crippen LogP contribution is 2.36. The van der Waals surface area contributed by atoms with Crippen LogP contribution in [0.3, 0.4) is 0 Å². The Kier molecular flexibility index (Phi) is 2.02. The number of hydrogen-bond donors (Lipinski definition) is 2. The van der Waals surface area contributed by atoms with E-state index in [1.807, 2.05) is 6.07 Å². The van der Waals surface area contributed by atoms with Crippen LogP contribution in [0.5, 0.6) is 0 Å². The molecule has 2 aliphatic heterocycles. The zero-order valence-electron chi connectivity index (χ0n) is 8.94. The van der Waals surface area contributed by atoms with Crippen molar-refractivity contribution in [3.63, 3.8) is 0 Å². The van der Waals surface area contributed by atoms with Crippen LogP contribution in [0.1, 0.15) is 17.0 Å². The van der Waals surface area contributed by atoms with Crippen LogP contribution in [0, 0.1) is 0 Å². The van der Waals surface area contributed by atoms with E-state index in [2.05, 4.69) is 17.4 Å². The van der Waals surface area contributed by atoms with Crippen LogP contribution in [0.2, 0.25) is 0 Å². The molecule has 2 aliphatic rings. The highest BCUT2D eigenvalue weighted by Gasteiger charge is 2.30. The molecule has 0 saturated heterocycles. The molecule has 1 atom stereocenters. The number of benzene rings is 1. The fourth-order valence-corrected chi connectivity index (χ4v) is 2.74. The third-order valence-corrected chi connectivity index (χ3v) is 3.51. The first-order valence-corrected chi connectivity index (χ1v) is 5.59. The Morgan fingerprint density at radius 3 is 3.19 bits per heavy atom. The van der Waals surface area contributed by atoms with Crippen molar-refractivity contribution in [3.8, 4) is 0 Å². The molecule has 0 saturated carbocycles. The maximum Gasteiger partial charge on any atom is 0.407 e. The Bertz CT molecular complexity index is 445. The third kappa shape index (κ3) is 1.33. The Morgan fingerprint density at radius 2 is 2.38 bits per heavy atom. The molecule has 4 heteroatoms. The zero-order chi connectivity index (χ0) is 11.1. The number of hydrogen-bond acceptors (Lipinski definition) is 2. The molecule has 1 unspecified atom stereocenters. The molecule has 2 heterocycles. The van der Waals surface area contributed by atoms with Crippen LogP contribution in [-0.4, -0.2) is 35.7 Å². The minimum atomic E-state index is -0.804. The van der Waals surface area contributed by atoms with Gasteiger partial charge in [-0.2, -0.15) is 0 Å². The predicted octanol–water partition coefficient (Wildman–Crippen LogP) is 1.73. The summed E-state index contributed by atoms with van der Waals surface area (Å²) in [6, 6.07) is 6.24. The number of nitrogens with one attached hydrogen (secondary N) is 1. The Hall–Kier alpha value is -1.71. The lowest BCUT2D eigenvalue weighted by molar-refractivity contribution is 0.145. The van der Waals surface area contributed by atoms with Gasteiger partial charge in [-0.1, -0.05) is 12.1 Å². The van der Waals surface area contributed by atoms with Gasteiger partial charge in [0.25, 0.3) is 0 Å². The van der Waals surface area contributed by atoms with Crippen LogP contribution >= 0.6 is 0 Å². The van der Waals surface area contributed by atoms with Crippen molar-refractivity contribution in [1.82, 2.24) is 4.90 Å². The Balaban J connectivity index is 2.00. The van der Waals surface area contributed by atoms with Gasteiger partial charge < -0.3 is 15.3 Å². The summed E-state index contributed by atoms with van der Waals surface area (Å²) in [7, 11) is 0. The van der Waals surface area contributed by atoms with Gasteiger partial charge in [-0.05, 0) is 23.6 Å². The number of rotatable bonds is 0. The van der Waals surface area contributed by atoms with E-state index in [-0.39, 0.29) is 0 Å². The molecule has 3 rings (SSSR count). The standard InChI is InChI=1S/C12H14N2O2/c15-12(16)14-5-4-8-2-1-3-10-11(8)9(7-14)6-13-10/h1-3,9,13H,4-7H2,(H,15,16). The third-order valence-electron chi connectivity index (χ3n) is 3.51.